The van der Waals surface area contributed by atoms with Gasteiger partial charge in [-0.3, -0.25) is 9.59 Å². The summed E-state index contributed by atoms with van der Waals surface area (Å²) < 4.78 is 0. The summed E-state index contributed by atoms with van der Waals surface area (Å²) in [5, 5.41) is 7.16. The zero-order valence-corrected chi connectivity index (χ0v) is 17.7. The molecular formula is C22H28N2O2Si. The van der Waals surface area contributed by atoms with Crippen molar-refractivity contribution < 1.29 is 9.59 Å². The number of nitrogens with one attached hydrogen (secondary N) is 2. The van der Waals surface area contributed by atoms with Crippen LogP contribution in [0, 0.1) is 17.3 Å². The van der Waals surface area contributed by atoms with Crippen molar-refractivity contribution in [3.05, 3.63) is 58.5 Å². The van der Waals surface area contributed by atoms with Crippen LogP contribution in [0.2, 0.25) is 13.1 Å². The Bertz CT molecular complexity index is 865. The number of allylic oxidation sites excluding steroid dienone is 8. The second kappa shape index (κ2) is 7.39. The lowest BCUT2D eigenvalue weighted by atomic mass is 9.73. The summed E-state index contributed by atoms with van der Waals surface area (Å²) in [6.45, 7) is 11.5. The molecule has 0 aromatic rings. The number of rotatable bonds is 5. The van der Waals surface area contributed by atoms with Gasteiger partial charge in [0.1, 0.15) is 0 Å². The zero-order valence-electron chi connectivity index (χ0n) is 16.7. The predicted molar refractivity (Wildman–Crippen MR) is 112 cm³/mol. The van der Waals surface area contributed by atoms with Crippen LogP contribution >= 0.6 is 0 Å². The van der Waals surface area contributed by atoms with E-state index in [0.717, 1.165) is 12.1 Å². The number of hydrogen-bond acceptors (Lipinski definition) is 2. The Morgan fingerprint density at radius 2 is 1.85 bits per heavy atom. The van der Waals surface area contributed by atoms with Gasteiger partial charge in [0, 0.05) is 25.9 Å². The molecule has 3 rings (SSSR count). The van der Waals surface area contributed by atoms with Gasteiger partial charge in [-0.25, -0.2) is 0 Å². The van der Waals surface area contributed by atoms with Gasteiger partial charge in [0.05, 0.1) is 5.70 Å². The summed E-state index contributed by atoms with van der Waals surface area (Å²) in [4.78, 5) is 22.4. The van der Waals surface area contributed by atoms with Gasteiger partial charge >= 0.3 is 0 Å². The molecule has 0 saturated heterocycles. The van der Waals surface area contributed by atoms with Crippen molar-refractivity contribution in [3.8, 4) is 0 Å². The van der Waals surface area contributed by atoms with Crippen LogP contribution in [-0.4, -0.2) is 26.4 Å². The number of carbonyl (C=O) groups is 2. The molecule has 27 heavy (non-hydrogen) atoms. The van der Waals surface area contributed by atoms with Crippen LogP contribution in [0.5, 0.6) is 0 Å². The fraction of sp³-hybridized carbons (Fsp3) is 0.409. The highest BCUT2D eigenvalue weighted by atomic mass is 28.2. The molecule has 0 bridgehead atoms. The second-order valence-corrected chi connectivity index (χ2v) is 10.7. The molecule has 5 heteroatoms. The lowest BCUT2D eigenvalue weighted by Crippen LogP contribution is -2.35. The van der Waals surface area contributed by atoms with Crippen LogP contribution in [-0.2, 0) is 9.59 Å². The lowest BCUT2D eigenvalue weighted by Gasteiger charge is -2.34. The summed E-state index contributed by atoms with van der Waals surface area (Å²) in [6, 6.07) is 0. The molecule has 0 fully saturated rings. The molecular weight excluding hydrogens is 352 g/mol. The third-order valence-electron chi connectivity index (χ3n) is 5.94. The van der Waals surface area contributed by atoms with E-state index in [1.807, 2.05) is 6.08 Å². The first-order chi connectivity index (χ1) is 12.8. The molecule has 3 aliphatic rings. The Morgan fingerprint density at radius 3 is 2.41 bits per heavy atom. The van der Waals surface area contributed by atoms with E-state index in [1.54, 1.807) is 0 Å². The van der Waals surface area contributed by atoms with Crippen molar-refractivity contribution in [2.45, 2.75) is 40.3 Å². The van der Waals surface area contributed by atoms with Crippen molar-refractivity contribution in [1.82, 2.24) is 10.6 Å². The largest absolute Gasteiger partial charge is 0.330 e. The Balaban J connectivity index is 2.24. The van der Waals surface area contributed by atoms with Crippen LogP contribution in [0.3, 0.4) is 0 Å². The van der Waals surface area contributed by atoms with Gasteiger partial charge in [-0.1, -0.05) is 68.9 Å². The van der Waals surface area contributed by atoms with Crippen LogP contribution in [0.1, 0.15) is 27.2 Å². The van der Waals surface area contributed by atoms with E-state index in [-0.39, 0.29) is 11.3 Å². The highest BCUT2D eigenvalue weighted by Crippen LogP contribution is 2.53. The van der Waals surface area contributed by atoms with Gasteiger partial charge in [-0.05, 0) is 29.1 Å². The van der Waals surface area contributed by atoms with E-state index in [4.69, 9.17) is 0 Å². The van der Waals surface area contributed by atoms with E-state index < -0.39 is 8.41 Å². The molecule has 2 atom stereocenters. The van der Waals surface area contributed by atoms with E-state index in [1.165, 1.54) is 21.9 Å². The molecule has 2 unspecified atom stereocenters. The fourth-order valence-corrected chi connectivity index (χ4v) is 7.52. The van der Waals surface area contributed by atoms with Crippen LogP contribution in [0.25, 0.3) is 0 Å². The molecule has 0 radical (unpaired) electrons. The van der Waals surface area contributed by atoms with Gasteiger partial charge in [-0.2, -0.15) is 0 Å². The van der Waals surface area contributed by atoms with Gasteiger partial charge in [0.15, 0.2) is 0 Å². The Morgan fingerprint density at radius 1 is 1.15 bits per heavy atom. The molecule has 2 N–H and O–H groups in total. The highest BCUT2D eigenvalue weighted by Gasteiger charge is 2.47. The fourth-order valence-electron chi connectivity index (χ4n) is 5.18. The highest BCUT2D eigenvalue weighted by molar-refractivity contribution is 6.73. The monoisotopic (exact) mass is 380 g/mol. The van der Waals surface area contributed by atoms with Gasteiger partial charge < -0.3 is 10.6 Å². The average Bonchev–Trinajstić information content (AvgIpc) is 3.16. The summed E-state index contributed by atoms with van der Waals surface area (Å²) in [7, 11) is -0.716. The quantitative estimate of drug-likeness (QED) is 0.568. The third kappa shape index (κ3) is 3.14. The molecule has 4 nitrogen and oxygen atoms in total. The summed E-state index contributed by atoms with van der Waals surface area (Å²) in [5.74, 6) is 0.334. The minimum atomic E-state index is -0.716. The average molecular weight is 381 g/mol. The molecule has 0 aliphatic heterocycles. The second-order valence-electron chi connectivity index (χ2n) is 8.18. The molecule has 0 aromatic heterocycles. The van der Waals surface area contributed by atoms with Crippen molar-refractivity contribution in [2.75, 3.05) is 0 Å². The molecule has 0 aromatic carbocycles. The third-order valence-corrected chi connectivity index (χ3v) is 7.86. The van der Waals surface area contributed by atoms with Crippen molar-refractivity contribution >= 4 is 26.4 Å². The standard InChI is InChI=1S/C22H28N2O2Si/c1-14-18-16(10-11-17(23-12-25)20(14)24-13-26)19(15-8-6-7-9-15)22(2,3)21(18)27(4)5/h6-8,10-14,19H,9H2,1-5H3,(H,23,25)(H,24,26). The van der Waals surface area contributed by atoms with Gasteiger partial charge in [-0.15, -0.1) is 0 Å². The molecule has 0 spiro atoms. The van der Waals surface area contributed by atoms with E-state index in [0.29, 0.717) is 24.4 Å². The molecule has 142 valence electrons. The summed E-state index contributed by atoms with van der Waals surface area (Å²) >= 11 is 0. The van der Waals surface area contributed by atoms with Crippen molar-refractivity contribution in [2.24, 2.45) is 17.3 Å². The summed E-state index contributed by atoms with van der Waals surface area (Å²) in [6.07, 6.45) is 13.1. The van der Waals surface area contributed by atoms with Gasteiger partial charge in [0.2, 0.25) is 12.8 Å². The normalized spacial score (nSPS) is 26.0. The van der Waals surface area contributed by atoms with Crippen molar-refractivity contribution in [3.63, 3.8) is 0 Å². The molecule has 2 amide bonds. The lowest BCUT2D eigenvalue weighted by molar-refractivity contribution is -0.110. The van der Waals surface area contributed by atoms with E-state index >= 15 is 0 Å². The summed E-state index contributed by atoms with van der Waals surface area (Å²) in [5.41, 5.74) is 5.58. The maximum absolute atomic E-state index is 11.3. The first-order valence-corrected chi connectivity index (χ1v) is 11.9. The van der Waals surface area contributed by atoms with E-state index in [9.17, 15) is 9.59 Å². The maximum atomic E-state index is 11.3. The first kappa shape index (κ1) is 19.5. The van der Waals surface area contributed by atoms with Crippen LogP contribution in [0.4, 0.5) is 0 Å². The van der Waals surface area contributed by atoms with Crippen LogP contribution in [0.15, 0.2) is 58.5 Å². The van der Waals surface area contributed by atoms with Crippen LogP contribution < -0.4 is 10.6 Å². The smallest absolute Gasteiger partial charge is 0.211 e. The zero-order chi connectivity index (χ0) is 19.8. The predicted octanol–water partition coefficient (Wildman–Crippen LogP) is 3.24. The minimum absolute atomic E-state index is 0.0109. The number of carbonyl (C=O) groups excluding carboxylic acids is 2. The molecule has 0 saturated carbocycles. The number of amides is 2. The maximum Gasteiger partial charge on any atom is 0.211 e. The molecule has 3 aliphatic carbocycles. The Kier molecular flexibility index (Phi) is 5.33. The van der Waals surface area contributed by atoms with Crippen molar-refractivity contribution in [1.29, 1.82) is 0 Å². The van der Waals surface area contributed by atoms with Gasteiger partial charge in [0.25, 0.3) is 0 Å². The number of hydrogen-bond donors (Lipinski definition) is 2. The first-order valence-electron chi connectivity index (χ1n) is 9.45. The molecule has 0 heterocycles. The van der Waals surface area contributed by atoms with E-state index in [2.05, 4.69) is 68.8 Å². The minimum Gasteiger partial charge on any atom is -0.330 e. The SMILES string of the molecule is CC1C(NC=O)=C(NC=O)C=CC2=C1C(=[Si](C)C)C(C)(C)C2C1=CC=CC1. The Hall–Kier alpha value is -2.27. The Labute approximate surface area is 163 Å². The topological polar surface area (TPSA) is 58.2 Å².